The van der Waals surface area contributed by atoms with Gasteiger partial charge in [0.15, 0.2) is 0 Å². The Bertz CT molecular complexity index is 496. The molecule has 1 aromatic carbocycles. The molecule has 1 heterocycles. The van der Waals surface area contributed by atoms with Crippen LogP contribution in [0.25, 0.3) is 0 Å². The van der Waals surface area contributed by atoms with E-state index in [0.29, 0.717) is 10.9 Å². The van der Waals surface area contributed by atoms with E-state index in [1.54, 1.807) is 6.20 Å². The highest BCUT2D eigenvalue weighted by Gasteiger charge is 2.03. The minimum Gasteiger partial charge on any atom is -0.378 e. The fourth-order valence-electron chi connectivity index (χ4n) is 1.34. The number of thiazole rings is 1. The molecule has 16 heavy (non-hydrogen) atoms. The minimum absolute atomic E-state index is 0.665. The Hall–Kier alpha value is -0.770. The Morgan fingerprint density at radius 3 is 2.88 bits per heavy atom. The smallest absolute Gasteiger partial charge is 0.113 e. The van der Waals surface area contributed by atoms with E-state index < -0.39 is 0 Å². The first-order valence-electron chi connectivity index (χ1n) is 4.76. The van der Waals surface area contributed by atoms with Gasteiger partial charge in [-0.1, -0.05) is 29.3 Å². The van der Waals surface area contributed by atoms with Gasteiger partial charge in [-0.15, -0.1) is 11.3 Å². The predicted octanol–water partition coefficient (Wildman–Crippen LogP) is 4.37. The number of benzene rings is 1. The molecule has 0 radical (unpaired) electrons. The molecular weight excluding hydrogens is 263 g/mol. The number of halogens is 2. The first kappa shape index (κ1) is 11.7. The van der Waals surface area contributed by atoms with Crippen molar-refractivity contribution in [2.75, 3.05) is 5.32 Å². The molecule has 0 aliphatic rings. The summed E-state index contributed by atoms with van der Waals surface area (Å²) in [6, 6.07) is 5.80. The van der Waals surface area contributed by atoms with Crippen molar-refractivity contribution >= 4 is 40.2 Å². The number of aromatic nitrogens is 1. The van der Waals surface area contributed by atoms with Crippen molar-refractivity contribution in [1.29, 1.82) is 0 Å². The summed E-state index contributed by atoms with van der Waals surface area (Å²) in [5.41, 5.74) is 2.07. The van der Waals surface area contributed by atoms with E-state index in [4.69, 9.17) is 23.2 Å². The molecule has 0 aliphatic heterocycles. The van der Waals surface area contributed by atoms with Crippen LogP contribution in [0.5, 0.6) is 0 Å². The van der Waals surface area contributed by atoms with Gasteiger partial charge in [0, 0.05) is 10.7 Å². The van der Waals surface area contributed by atoms with E-state index in [9.17, 15) is 0 Å². The lowest BCUT2D eigenvalue weighted by atomic mass is 10.2. The summed E-state index contributed by atoms with van der Waals surface area (Å²) >= 11 is 13.3. The Morgan fingerprint density at radius 1 is 1.38 bits per heavy atom. The fraction of sp³-hybridized carbons (Fsp3) is 0.182. The van der Waals surface area contributed by atoms with E-state index in [1.165, 1.54) is 11.3 Å². The number of hydrogen-bond acceptors (Lipinski definition) is 3. The number of hydrogen-bond donors (Lipinski definition) is 1. The molecule has 0 bridgehead atoms. The second-order valence-electron chi connectivity index (χ2n) is 3.32. The lowest BCUT2D eigenvalue weighted by molar-refractivity contribution is 1.10. The first-order valence-corrected chi connectivity index (χ1v) is 6.33. The number of anilines is 1. The van der Waals surface area contributed by atoms with Crippen LogP contribution in [0.2, 0.25) is 9.36 Å². The number of rotatable bonds is 3. The number of nitrogens with zero attached hydrogens (tertiary/aromatic N) is 1. The lowest BCUT2D eigenvalue weighted by Gasteiger charge is -2.08. The molecule has 2 aromatic rings. The summed E-state index contributed by atoms with van der Waals surface area (Å²) in [7, 11) is 0. The quantitative estimate of drug-likeness (QED) is 0.898. The topological polar surface area (TPSA) is 24.9 Å². The molecule has 1 aromatic heterocycles. The van der Waals surface area contributed by atoms with Crippen LogP contribution in [-0.4, -0.2) is 4.98 Å². The van der Waals surface area contributed by atoms with E-state index >= 15 is 0 Å². The monoisotopic (exact) mass is 272 g/mol. The molecule has 0 saturated carbocycles. The third-order valence-corrected chi connectivity index (χ3v) is 3.75. The second-order valence-corrected chi connectivity index (χ2v) is 5.48. The van der Waals surface area contributed by atoms with E-state index in [1.807, 2.05) is 25.1 Å². The molecule has 0 aliphatic carbocycles. The van der Waals surface area contributed by atoms with Crippen LogP contribution in [0.3, 0.4) is 0 Å². The van der Waals surface area contributed by atoms with Crippen molar-refractivity contribution in [3.63, 3.8) is 0 Å². The van der Waals surface area contributed by atoms with Crippen molar-refractivity contribution in [2.45, 2.75) is 13.5 Å². The van der Waals surface area contributed by atoms with Gasteiger partial charge in [-0.3, -0.25) is 0 Å². The summed E-state index contributed by atoms with van der Waals surface area (Å²) in [5, 5.41) is 5.02. The highest BCUT2D eigenvalue weighted by molar-refractivity contribution is 7.15. The third-order valence-electron chi connectivity index (χ3n) is 2.22. The summed E-state index contributed by atoms with van der Waals surface area (Å²) in [6.07, 6.45) is 1.66. The maximum Gasteiger partial charge on any atom is 0.113 e. The van der Waals surface area contributed by atoms with Crippen LogP contribution < -0.4 is 5.32 Å². The average Bonchev–Trinajstić information content (AvgIpc) is 2.67. The highest BCUT2D eigenvalue weighted by atomic mass is 35.5. The van der Waals surface area contributed by atoms with Gasteiger partial charge in [0.2, 0.25) is 0 Å². The fourth-order valence-corrected chi connectivity index (χ4v) is 2.41. The van der Waals surface area contributed by atoms with Gasteiger partial charge in [-0.25, -0.2) is 4.98 Å². The van der Waals surface area contributed by atoms with Crippen molar-refractivity contribution in [3.8, 4) is 0 Å². The maximum absolute atomic E-state index is 6.03. The molecule has 0 saturated heterocycles. The van der Waals surface area contributed by atoms with Gasteiger partial charge >= 0.3 is 0 Å². The van der Waals surface area contributed by atoms with Gasteiger partial charge in [-0.05, 0) is 24.6 Å². The zero-order chi connectivity index (χ0) is 11.5. The van der Waals surface area contributed by atoms with E-state index in [2.05, 4.69) is 10.3 Å². The van der Waals surface area contributed by atoms with Gasteiger partial charge < -0.3 is 5.32 Å². The molecule has 1 N–H and O–H groups in total. The van der Waals surface area contributed by atoms with Crippen molar-refractivity contribution < 1.29 is 0 Å². The van der Waals surface area contributed by atoms with Crippen molar-refractivity contribution in [3.05, 3.63) is 44.3 Å². The zero-order valence-corrected chi connectivity index (χ0v) is 11.0. The molecular formula is C11H10Cl2N2S. The van der Waals surface area contributed by atoms with Crippen LogP contribution in [0.15, 0.2) is 24.4 Å². The van der Waals surface area contributed by atoms with Gasteiger partial charge in [0.25, 0.3) is 0 Å². The normalized spacial score (nSPS) is 10.4. The Balaban J connectivity index is 2.07. The molecule has 0 unspecified atom stereocenters. The predicted molar refractivity (Wildman–Crippen MR) is 70.6 cm³/mol. The first-order chi connectivity index (χ1) is 7.66. The summed E-state index contributed by atoms with van der Waals surface area (Å²) in [5.74, 6) is 0. The Kier molecular flexibility index (Phi) is 3.69. The Labute approximate surface area is 108 Å². The lowest BCUT2D eigenvalue weighted by Crippen LogP contribution is -2.00. The molecule has 0 amide bonds. The van der Waals surface area contributed by atoms with Crippen LogP contribution in [0.4, 0.5) is 5.69 Å². The highest BCUT2D eigenvalue weighted by Crippen LogP contribution is 2.24. The van der Waals surface area contributed by atoms with E-state index in [-0.39, 0.29) is 0 Å². The molecule has 5 heteroatoms. The van der Waals surface area contributed by atoms with Crippen molar-refractivity contribution in [2.24, 2.45) is 0 Å². The maximum atomic E-state index is 6.03. The second kappa shape index (κ2) is 5.04. The molecule has 0 fully saturated rings. The van der Waals surface area contributed by atoms with Gasteiger partial charge in [-0.2, -0.15) is 0 Å². The standard InChI is InChI=1S/C11H10Cl2N2S/c1-7-8(12)3-2-4-9(7)14-6-11-15-5-10(13)16-11/h2-5,14H,6H2,1H3. The SMILES string of the molecule is Cc1c(Cl)cccc1NCc1ncc(Cl)s1. The summed E-state index contributed by atoms with van der Waals surface area (Å²) < 4.78 is 0.708. The largest absolute Gasteiger partial charge is 0.378 e. The molecule has 2 nitrogen and oxygen atoms in total. The van der Waals surface area contributed by atoms with Crippen LogP contribution in [0.1, 0.15) is 10.6 Å². The molecule has 2 rings (SSSR count). The Morgan fingerprint density at radius 2 is 2.19 bits per heavy atom. The van der Waals surface area contributed by atoms with E-state index in [0.717, 1.165) is 21.3 Å². The molecule has 0 atom stereocenters. The van der Waals surface area contributed by atoms with Gasteiger partial charge in [0.05, 0.1) is 12.7 Å². The van der Waals surface area contributed by atoms with Crippen LogP contribution >= 0.6 is 34.5 Å². The minimum atomic E-state index is 0.665. The summed E-state index contributed by atoms with van der Waals surface area (Å²) in [4.78, 5) is 4.17. The zero-order valence-electron chi connectivity index (χ0n) is 8.63. The van der Waals surface area contributed by atoms with Gasteiger partial charge in [0.1, 0.15) is 9.34 Å². The van der Waals surface area contributed by atoms with Crippen molar-refractivity contribution in [1.82, 2.24) is 4.98 Å². The van der Waals surface area contributed by atoms with Crippen LogP contribution in [0, 0.1) is 6.92 Å². The molecule has 0 spiro atoms. The average molecular weight is 273 g/mol. The summed E-state index contributed by atoms with van der Waals surface area (Å²) in [6.45, 7) is 2.65. The third kappa shape index (κ3) is 2.67. The van der Waals surface area contributed by atoms with Crippen LogP contribution in [-0.2, 0) is 6.54 Å². The molecule has 84 valence electrons. The number of nitrogens with one attached hydrogen (secondary N) is 1.